The first kappa shape index (κ1) is 22.3. The molecule has 0 fully saturated rings. The molecular weight excluding hydrogens is 336 g/mol. The molecule has 11 nitrogen and oxygen atoms in total. The highest BCUT2D eigenvalue weighted by atomic mass is 16.4. The van der Waals surface area contributed by atoms with Gasteiger partial charge in [0.05, 0.1) is 13.0 Å². The van der Waals surface area contributed by atoms with Crippen molar-refractivity contribution in [2.24, 2.45) is 11.7 Å². The molecule has 0 aromatic carbocycles. The van der Waals surface area contributed by atoms with Crippen LogP contribution in [0.15, 0.2) is 0 Å². The van der Waals surface area contributed by atoms with Crippen LogP contribution in [-0.4, -0.2) is 64.5 Å². The highest BCUT2D eigenvalue weighted by molar-refractivity contribution is 5.95. The van der Waals surface area contributed by atoms with Crippen LogP contribution < -0.4 is 21.7 Å². The molecule has 0 aliphatic heterocycles. The van der Waals surface area contributed by atoms with Gasteiger partial charge in [0.25, 0.3) is 0 Å². The Bertz CT molecular complexity index is 535. The maximum absolute atomic E-state index is 12.3. The highest BCUT2D eigenvalue weighted by Gasteiger charge is 2.30. The van der Waals surface area contributed by atoms with Gasteiger partial charge in [0, 0.05) is 0 Å². The molecule has 0 aliphatic carbocycles. The summed E-state index contributed by atoms with van der Waals surface area (Å²) in [6.45, 7) is 4.13. The van der Waals surface area contributed by atoms with Gasteiger partial charge in [-0.15, -0.1) is 0 Å². The normalized spacial score (nSPS) is 14.1. The van der Waals surface area contributed by atoms with Crippen molar-refractivity contribution in [1.29, 1.82) is 0 Å². The minimum atomic E-state index is -1.50. The van der Waals surface area contributed by atoms with Gasteiger partial charge in [-0.25, -0.2) is 0 Å². The van der Waals surface area contributed by atoms with Crippen molar-refractivity contribution < 1.29 is 34.2 Å². The topological polar surface area (TPSA) is 188 Å². The Morgan fingerprint density at radius 3 is 1.88 bits per heavy atom. The smallest absolute Gasteiger partial charge is 0.325 e. The van der Waals surface area contributed by atoms with Crippen LogP contribution in [0.4, 0.5) is 0 Å². The van der Waals surface area contributed by atoms with Gasteiger partial charge in [-0.2, -0.15) is 0 Å². The van der Waals surface area contributed by atoms with E-state index in [-0.39, 0.29) is 12.5 Å². The molecule has 0 saturated carbocycles. The third-order valence-electron chi connectivity index (χ3n) is 3.19. The molecule has 142 valence electrons. The molecule has 11 heteroatoms. The first-order valence-corrected chi connectivity index (χ1v) is 7.54. The number of rotatable bonds is 10. The number of carboxylic acids is 2. The van der Waals surface area contributed by atoms with Crippen molar-refractivity contribution >= 4 is 29.7 Å². The van der Waals surface area contributed by atoms with Crippen molar-refractivity contribution in [2.75, 3.05) is 6.54 Å². The number of nitrogens with two attached hydrogens (primary N) is 1. The molecular formula is C14H24N4O7. The monoisotopic (exact) mass is 360 g/mol. The number of hydrogen-bond donors (Lipinski definition) is 6. The predicted octanol–water partition coefficient (Wildman–Crippen LogP) is -2.37. The third-order valence-corrected chi connectivity index (χ3v) is 3.19. The van der Waals surface area contributed by atoms with Crippen LogP contribution in [0.3, 0.4) is 0 Å². The minimum absolute atomic E-state index is 0.342. The van der Waals surface area contributed by atoms with Crippen molar-refractivity contribution in [3.63, 3.8) is 0 Å². The lowest BCUT2D eigenvalue weighted by molar-refractivity contribution is -0.143. The van der Waals surface area contributed by atoms with E-state index in [2.05, 4.69) is 16.0 Å². The molecule has 0 rings (SSSR count). The minimum Gasteiger partial charge on any atom is -0.481 e. The molecule has 25 heavy (non-hydrogen) atoms. The molecule has 3 amide bonds. The second-order valence-electron chi connectivity index (χ2n) is 5.72. The maximum atomic E-state index is 12.3. The summed E-state index contributed by atoms with van der Waals surface area (Å²) >= 11 is 0. The number of aliphatic carboxylic acids is 2. The molecule has 0 bridgehead atoms. The van der Waals surface area contributed by atoms with E-state index in [1.165, 1.54) is 6.92 Å². The second kappa shape index (κ2) is 10.2. The maximum Gasteiger partial charge on any atom is 0.325 e. The summed E-state index contributed by atoms with van der Waals surface area (Å²) in [7, 11) is 0. The molecule has 0 spiro atoms. The van der Waals surface area contributed by atoms with E-state index in [4.69, 9.17) is 15.9 Å². The molecule has 0 aliphatic rings. The Morgan fingerprint density at radius 1 is 0.920 bits per heavy atom. The van der Waals surface area contributed by atoms with Gasteiger partial charge in [-0.3, -0.25) is 24.0 Å². The van der Waals surface area contributed by atoms with E-state index in [0.29, 0.717) is 0 Å². The predicted molar refractivity (Wildman–Crippen MR) is 85.2 cm³/mol. The molecule has 0 aromatic rings. The Kier molecular flexibility index (Phi) is 9.13. The van der Waals surface area contributed by atoms with Crippen LogP contribution in [0.1, 0.15) is 27.2 Å². The van der Waals surface area contributed by atoms with Crippen LogP contribution in [0.2, 0.25) is 0 Å². The summed E-state index contributed by atoms with van der Waals surface area (Å²) in [6.07, 6.45) is -0.750. The van der Waals surface area contributed by atoms with E-state index < -0.39 is 54.2 Å². The second-order valence-corrected chi connectivity index (χ2v) is 5.72. The van der Waals surface area contributed by atoms with E-state index in [0.717, 1.165) is 0 Å². The molecule has 7 N–H and O–H groups in total. The van der Waals surface area contributed by atoms with E-state index in [1.807, 2.05) is 0 Å². The summed E-state index contributed by atoms with van der Waals surface area (Å²) < 4.78 is 0. The van der Waals surface area contributed by atoms with Gasteiger partial charge in [0.2, 0.25) is 17.7 Å². The molecule has 3 unspecified atom stereocenters. The number of carbonyl (C=O) groups excluding carboxylic acids is 3. The number of amides is 3. The van der Waals surface area contributed by atoms with Gasteiger partial charge in [-0.1, -0.05) is 13.8 Å². The Labute approximate surface area is 144 Å². The number of hydrogen-bond acceptors (Lipinski definition) is 6. The van der Waals surface area contributed by atoms with Crippen molar-refractivity contribution in [2.45, 2.75) is 45.3 Å². The van der Waals surface area contributed by atoms with Gasteiger partial charge >= 0.3 is 11.9 Å². The lowest BCUT2D eigenvalue weighted by atomic mass is 10.0. The Balaban J connectivity index is 5.18. The lowest BCUT2D eigenvalue weighted by Gasteiger charge is -2.25. The highest BCUT2D eigenvalue weighted by Crippen LogP contribution is 2.04. The average molecular weight is 360 g/mol. The number of nitrogens with one attached hydrogen (secondary N) is 3. The lowest BCUT2D eigenvalue weighted by Crippen LogP contribution is -2.57. The van der Waals surface area contributed by atoms with Gasteiger partial charge in [-0.05, 0) is 12.8 Å². The zero-order chi connectivity index (χ0) is 19.7. The summed E-state index contributed by atoms with van der Waals surface area (Å²) in [4.78, 5) is 57.4. The van der Waals surface area contributed by atoms with Crippen molar-refractivity contribution in [1.82, 2.24) is 16.0 Å². The molecule has 3 atom stereocenters. The number of carbonyl (C=O) groups is 5. The quantitative estimate of drug-likeness (QED) is 0.249. The zero-order valence-electron chi connectivity index (χ0n) is 14.2. The van der Waals surface area contributed by atoms with E-state index >= 15 is 0 Å². The molecule has 0 radical (unpaired) electrons. The first-order valence-electron chi connectivity index (χ1n) is 7.54. The van der Waals surface area contributed by atoms with Crippen LogP contribution in [0, 0.1) is 5.92 Å². The fraction of sp³-hybridized carbons (Fsp3) is 0.643. The first-order chi connectivity index (χ1) is 11.5. The Morgan fingerprint density at radius 2 is 1.48 bits per heavy atom. The van der Waals surface area contributed by atoms with E-state index in [9.17, 15) is 24.0 Å². The standard InChI is InChI=1S/C14H24N4O7/c1-6(2)11(18-9(19)5-15)13(23)17-8(4-10(20)21)12(22)16-7(3)14(24)25/h6-8,11H,4-5,15H2,1-3H3,(H,16,22)(H,17,23)(H,18,19)(H,20,21)(H,24,25). The molecule has 0 aromatic heterocycles. The summed E-state index contributed by atoms with van der Waals surface area (Å²) in [5, 5.41) is 24.4. The van der Waals surface area contributed by atoms with Crippen LogP contribution in [0.5, 0.6) is 0 Å². The molecule has 0 heterocycles. The van der Waals surface area contributed by atoms with Crippen molar-refractivity contribution in [3.05, 3.63) is 0 Å². The van der Waals surface area contributed by atoms with Gasteiger partial charge < -0.3 is 31.9 Å². The average Bonchev–Trinajstić information content (AvgIpc) is 2.50. The summed E-state index contributed by atoms with van der Waals surface area (Å²) in [5.41, 5.74) is 5.18. The van der Waals surface area contributed by atoms with Gasteiger partial charge in [0.1, 0.15) is 18.1 Å². The van der Waals surface area contributed by atoms with Crippen LogP contribution in [-0.2, 0) is 24.0 Å². The van der Waals surface area contributed by atoms with Gasteiger partial charge in [0.15, 0.2) is 0 Å². The third kappa shape index (κ3) is 8.11. The van der Waals surface area contributed by atoms with Crippen molar-refractivity contribution in [3.8, 4) is 0 Å². The number of carboxylic acid groups (broad SMARTS) is 2. The SMILES string of the molecule is CC(NC(=O)C(CC(=O)O)NC(=O)C(NC(=O)CN)C(C)C)C(=O)O. The van der Waals surface area contributed by atoms with E-state index in [1.54, 1.807) is 13.8 Å². The largest absolute Gasteiger partial charge is 0.481 e. The zero-order valence-corrected chi connectivity index (χ0v) is 14.2. The van der Waals surface area contributed by atoms with Crippen LogP contribution >= 0.6 is 0 Å². The fourth-order valence-electron chi connectivity index (χ4n) is 1.79. The summed E-state index contributed by atoms with van der Waals surface area (Å²) in [5.74, 6) is -5.37. The Hall–Kier alpha value is -2.69. The molecule has 0 saturated heterocycles. The summed E-state index contributed by atoms with van der Waals surface area (Å²) in [6, 6.07) is -3.79. The van der Waals surface area contributed by atoms with Crippen LogP contribution in [0.25, 0.3) is 0 Å². The fourth-order valence-corrected chi connectivity index (χ4v) is 1.79.